The molecular formula is C26H22Cl3N3O2. The molecule has 1 aromatic heterocycles. The molecule has 4 aromatic rings. The summed E-state index contributed by atoms with van der Waals surface area (Å²) in [5.41, 5.74) is 4.26. The van der Waals surface area contributed by atoms with Gasteiger partial charge in [-0.3, -0.25) is 9.48 Å². The maximum absolute atomic E-state index is 12.7. The van der Waals surface area contributed by atoms with Gasteiger partial charge in [-0.25, -0.2) is 0 Å². The Hall–Kier alpha value is -2.99. The van der Waals surface area contributed by atoms with E-state index >= 15 is 0 Å². The van der Waals surface area contributed by atoms with Gasteiger partial charge in [0.05, 0.1) is 6.54 Å². The first-order valence-corrected chi connectivity index (χ1v) is 11.7. The first kappa shape index (κ1) is 24.1. The standard InChI is InChI=1S/C26H22Cl3N3O2/c1-16-11-21(12-17(2)24(16)29)34-15-18-7-9-19(10-8-18)26(33)30-25-23(28)14-32(31-25)13-20-5-3-4-6-22(20)27/h3-12,14H,13,15H2,1-2H3,(H,30,31,33). The molecule has 1 amide bonds. The van der Waals surface area contributed by atoms with Gasteiger partial charge < -0.3 is 10.1 Å². The highest BCUT2D eigenvalue weighted by atomic mass is 35.5. The molecule has 0 fully saturated rings. The summed E-state index contributed by atoms with van der Waals surface area (Å²) in [6, 6.07) is 18.5. The SMILES string of the molecule is Cc1cc(OCc2ccc(C(=O)Nc3nn(Cc4ccccc4Cl)cc3Cl)cc2)cc(C)c1Cl. The number of anilines is 1. The number of halogens is 3. The van der Waals surface area contributed by atoms with Crippen molar-refractivity contribution in [2.45, 2.75) is 27.0 Å². The molecule has 0 aliphatic carbocycles. The van der Waals surface area contributed by atoms with Crippen molar-refractivity contribution in [2.24, 2.45) is 0 Å². The molecule has 0 saturated heterocycles. The number of ether oxygens (including phenoxy) is 1. The lowest BCUT2D eigenvalue weighted by molar-refractivity contribution is 0.102. The van der Waals surface area contributed by atoms with E-state index in [-0.39, 0.29) is 5.91 Å². The summed E-state index contributed by atoms with van der Waals surface area (Å²) in [6.45, 7) is 4.71. The number of nitrogens with zero attached hydrogens (tertiary/aromatic N) is 2. The zero-order valence-electron chi connectivity index (χ0n) is 18.6. The van der Waals surface area contributed by atoms with Gasteiger partial charge in [-0.2, -0.15) is 5.10 Å². The van der Waals surface area contributed by atoms with E-state index in [4.69, 9.17) is 39.5 Å². The van der Waals surface area contributed by atoms with E-state index in [0.717, 1.165) is 33.0 Å². The Kier molecular flexibility index (Phi) is 7.47. The fourth-order valence-electron chi connectivity index (χ4n) is 3.45. The lowest BCUT2D eigenvalue weighted by Gasteiger charge is -2.10. The van der Waals surface area contributed by atoms with Crippen LogP contribution in [0.1, 0.15) is 32.6 Å². The van der Waals surface area contributed by atoms with Crippen LogP contribution < -0.4 is 10.1 Å². The summed E-state index contributed by atoms with van der Waals surface area (Å²) in [6.07, 6.45) is 1.65. The van der Waals surface area contributed by atoms with Crippen LogP contribution in [0.25, 0.3) is 0 Å². The Morgan fingerprint density at radius 1 is 0.971 bits per heavy atom. The zero-order chi connectivity index (χ0) is 24.2. The molecule has 1 heterocycles. The van der Waals surface area contributed by atoms with E-state index in [0.29, 0.717) is 34.6 Å². The van der Waals surface area contributed by atoms with Crippen LogP contribution in [0.5, 0.6) is 5.75 Å². The van der Waals surface area contributed by atoms with Gasteiger partial charge in [0.1, 0.15) is 17.4 Å². The van der Waals surface area contributed by atoms with Crippen LogP contribution in [-0.2, 0) is 13.2 Å². The van der Waals surface area contributed by atoms with Crippen LogP contribution in [0, 0.1) is 13.8 Å². The highest BCUT2D eigenvalue weighted by Gasteiger charge is 2.13. The Labute approximate surface area is 213 Å². The second-order valence-corrected chi connectivity index (χ2v) is 9.12. The monoisotopic (exact) mass is 513 g/mol. The van der Waals surface area contributed by atoms with E-state index in [1.165, 1.54) is 0 Å². The van der Waals surface area contributed by atoms with Crippen LogP contribution >= 0.6 is 34.8 Å². The van der Waals surface area contributed by atoms with Gasteiger partial charge in [-0.1, -0.05) is 65.1 Å². The molecule has 1 N–H and O–H groups in total. The third kappa shape index (κ3) is 5.73. The van der Waals surface area contributed by atoms with Crippen molar-refractivity contribution in [3.63, 3.8) is 0 Å². The number of nitrogens with one attached hydrogen (secondary N) is 1. The van der Waals surface area contributed by atoms with Crippen LogP contribution in [0.4, 0.5) is 5.82 Å². The minimum atomic E-state index is -0.304. The number of aromatic nitrogens is 2. The van der Waals surface area contributed by atoms with E-state index in [9.17, 15) is 4.79 Å². The molecule has 174 valence electrons. The molecule has 4 rings (SSSR count). The molecule has 0 bridgehead atoms. The van der Waals surface area contributed by atoms with Gasteiger partial charge in [0, 0.05) is 21.8 Å². The van der Waals surface area contributed by atoms with Crippen molar-refractivity contribution >= 4 is 46.5 Å². The number of aryl methyl sites for hydroxylation is 2. The third-order valence-corrected chi connectivity index (χ3v) is 6.51. The fraction of sp³-hybridized carbons (Fsp3) is 0.154. The lowest BCUT2D eigenvalue weighted by Crippen LogP contribution is -2.13. The van der Waals surface area contributed by atoms with Gasteiger partial charge in [-0.05, 0) is 66.4 Å². The zero-order valence-corrected chi connectivity index (χ0v) is 20.9. The second kappa shape index (κ2) is 10.5. The summed E-state index contributed by atoms with van der Waals surface area (Å²) in [4.78, 5) is 12.7. The van der Waals surface area contributed by atoms with Gasteiger partial charge >= 0.3 is 0 Å². The number of amides is 1. The average Bonchev–Trinajstić information content (AvgIpc) is 3.16. The molecule has 3 aromatic carbocycles. The van der Waals surface area contributed by atoms with Crippen molar-refractivity contribution in [3.8, 4) is 5.75 Å². The van der Waals surface area contributed by atoms with Crippen LogP contribution in [-0.4, -0.2) is 15.7 Å². The molecule has 0 unspecified atom stereocenters. The van der Waals surface area contributed by atoms with Gasteiger partial charge in [-0.15, -0.1) is 0 Å². The van der Waals surface area contributed by atoms with E-state index in [2.05, 4.69) is 10.4 Å². The number of benzene rings is 3. The van der Waals surface area contributed by atoms with E-state index in [1.807, 2.05) is 62.4 Å². The summed E-state index contributed by atoms with van der Waals surface area (Å²) in [7, 11) is 0. The largest absolute Gasteiger partial charge is 0.489 e. The topological polar surface area (TPSA) is 56.1 Å². The molecule has 0 aliphatic rings. The predicted molar refractivity (Wildman–Crippen MR) is 137 cm³/mol. The molecule has 0 aliphatic heterocycles. The van der Waals surface area contributed by atoms with Gasteiger partial charge in [0.2, 0.25) is 0 Å². The van der Waals surface area contributed by atoms with Gasteiger partial charge in [0.15, 0.2) is 5.82 Å². The lowest BCUT2D eigenvalue weighted by atomic mass is 10.1. The highest BCUT2D eigenvalue weighted by molar-refractivity contribution is 6.33. The average molecular weight is 515 g/mol. The first-order valence-electron chi connectivity index (χ1n) is 10.6. The van der Waals surface area contributed by atoms with Crippen molar-refractivity contribution < 1.29 is 9.53 Å². The summed E-state index contributed by atoms with van der Waals surface area (Å²) >= 11 is 18.7. The molecule has 0 radical (unpaired) electrons. The predicted octanol–water partition coefficient (Wildman–Crippen LogP) is 7.34. The van der Waals surface area contributed by atoms with Crippen LogP contribution in [0.15, 0.2) is 66.9 Å². The number of carbonyl (C=O) groups excluding carboxylic acids is 1. The molecular weight excluding hydrogens is 493 g/mol. The Morgan fingerprint density at radius 3 is 2.32 bits per heavy atom. The molecule has 0 saturated carbocycles. The number of hydrogen-bond donors (Lipinski definition) is 1. The van der Waals surface area contributed by atoms with Crippen LogP contribution in [0.2, 0.25) is 15.1 Å². The normalized spacial score (nSPS) is 10.9. The maximum Gasteiger partial charge on any atom is 0.256 e. The fourth-order valence-corrected chi connectivity index (χ4v) is 3.95. The first-order chi connectivity index (χ1) is 16.3. The van der Waals surface area contributed by atoms with E-state index < -0.39 is 0 Å². The van der Waals surface area contributed by atoms with Gasteiger partial charge in [0.25, 0.3) is 5.91 Å². The maximum atomic E-state index is 12.7. The van der Waals surface area contributed by atoms with Crippen LogP contribution in [0.3, 0.4) is 0 Å². The van der Waals surface area contributed by atoms with Crippen molar-refractivity contribution in [1.82, 2.24) is 9.78 Å². The highest BCUT2D eigenvalue weighted by Crippen LogP contribution is 2.27. The number of hydrogen-bond acceptors (Lipinski definition) is 3. The Bertz CT molecular complexity index is 1310. The molecule has 5 nitrogen and oxygen atoms in total. The van der Waals surface area contributed by atoms with Crippen molar-refractivity contribution in [3.05, 3.63) is 110 Å². The number of rotatable bonds is 7. The molecule has 0 atom stereocenters. The summed E-state index contributed by atoms with van der Waals surface area (Å²) in [5.74, 6) is 0.740. The van der Waals surface area contributed by atoms with Crippen molar-refractivity contribution in [2.75, 3.05) is 5.32 Å². The quantitative estimate of drug-likeness (QED) is 0.281. The smallest absolute Gasteiger partial charge is 0.256 e. The minimum Gasteiger partial charge on any atom is -0.489 e. The Balaban J connectivity index is 1.37. The minimum absolute atomic E-state index is 0.291. The Morgan fingerprint density at radius 2 is 1.65 bits per heavy atom. The number of carbonyl (C=O) groups is 1. The summed E-state index contributed by atoms with van der Waals surface area (Å²) < 4.78 is 7.52. The molecule has 0 spiro atoms. The molecule has 8 heteroatoms. The van der Waals surface area contributed by atoms with E-state index in [1.54, 1.807) is 23.0 Å². The second-order valence-electron chi connectivity index (χ2n) is 7.93. The molecule has 34 heavy (non-hydrogen) atoms. The summed E-state index contributed by atoms with van der Waals surface area (Å²) in [5, 5.41) is 8.88. The van der Waals surface area contributed by atoms with Crippen molar-refractivity contribution in [1.29, 1.82) is 0 Å². The third-order valence-electron chi connectivity index (χ3n) is 5.27.